The van der Waals surface area contributed by atoms with Crippen LogP contribution in [0.5, 0.6) is 0 Å². The van der Waals surface area contributed by atoms with Gasteiger partial charge in [-0.2, -0.15) is 0 Å². The second-order valence-corrected chi connectivity index (χ2v) is 6.32. The lowest BCUT2D eigenvalue weighted by Gasteiger charge is -2.13. The van der Waals surface area contributed by atoms with Crippen LogP contribution in [0.1, 0.15) is 16.7 Å². The van der Waals surface area contributed by atoms with Gasteiger partial charge in [-0.25, -0.2) is 0 Å². The number of hydrogen-bond donors (Lipinski definition) is 1. The van der Waals surface area contributed by atoms with Gasteiger partial charge in [0.1, 0.15) is 0 Å². The fourth-order valence-corrected chi connectivity index (χ4v) is 3.44. The van der Waals surface area contributed by atoms with Crippen LogP contribution in [-0.2, 0) is 4.79 Å². The zero-order valence-electron chi connectivity index (χ0n) is 12.1. The third-order valence-corrected chi connectivity index (χ3v) is 4.71. The molecule has 0 saturated carbocycles. The second-order valence-electron chi connectivity index (χ2n) is 5.47. The average Bonchev–Trinajstić information content (AvgIpc) is 2.82. The quantitative estimate of drug-likeness (QED) is 0.842. The first-order chi connectivity index (χ1) is 11.1. The molecule has 2 heterocycles. The molecule has 0 bridgehead atoms. The summed E-state index contributed by atoms with van der Waals surface area (Å²) in [6.45, 7) is 0.863. The zero-order chi connectivity index (χ0) is 16.0. The van der Waals surface area contributed by atoms with Gasteiger partial charge in [0.2, 0.25) is 5.91 Å². The van der Waals surface area contributed by atoms with Gasteiger partial charge in [0, 0.05) is 33.3 Å². The summed E-state index contributed by atoms with van der Waals surface area (Å²) in [5.74, 6) is -0.0509. The lowest BCUT2D eigenvalue weighted by molar-refractivity contribution is -0.116. The minimum absolute atomic E-state index is 0.0509. The van der Waals surface area contributed by atoms with Crippen LogP contribution in [0, 0.1) is 0 Å². The molecule has 2 aromatic rings. The van der Waals surface area contributed by atoms with Crippen molar-refractivity contribution >= 4 is 40.4 Å². The summed E-state index contributed by atoms with van der Waals surface area (Å²) in [7, 11) is 0. The van der Waals surface area contributed by atoms with Crippen molar-refractivity contribution in [3.63, 3.8) is 0 Å². The highest BCUT2D eigenvalue weighted by Gasteiger charge is 2.29. The van der Waals surface area contributed by atoms with Gasteiger partial charge in [-0.15, -0.1) is 0 Å². The predicted octanol–water partition coefficient (Wildman–Crippen LogP) is 3.73. The fraction of sp³-hybridized carbons (Fsp3) is 0.111. The molecule has 23 heavy (non-hydrogen) atoms. The number of aliphatic imine (C=N–C) groups is 1. The Balaban J connectivity index is 1.98. The van der Waals surface area contributed by atoms with Crippen molar-refractivity contribution in [2.75, 3.05) is 13.1 Å². The van der Waals surface area contributed by atoms with Crippen molar-refractivity contribution in [3.05, 3.63) is 74.8 Å². The first-order valence-corrected chi connectivity index (χ1v) is 8.00. The molecule has 1 amide bonds. The van der Waals surface area contributed by atoms with Crippen LogP contribution in [0.4, 0.5) is 0 Å². The molecule has 0 saturated heterocycles. The smallest absolute Gasteiger partial charge is 0.249 e. The standard InChI is InChI=1S/C18H12Cl2N2O/c19-10-5-6-11-13(7-10)17(12-3-1-2-4-16(12)20)21-9-15-14(11)8-22-18(15)23/h1-7H,8-9H2,(H,22,23). The number of fused-ring (bicyclic) bond motifs is 2. The third-order valence-electron chi connectivity index (χ3n) is 4.15. The molecule has 0 radical (unpaired) electrons. The van der Waals surface area contributed by atoms with Gasteiger partial charge in [0.05, 0.1) is 12.3 Å². The van der Waals surface area contributed by atoms with Crippen LogP contribution in [0.15, 0.2) is 53.0 Å². The number of carbonyl (C=O) groups is 1. The predicted molar refractivity (Wildman–Crippen MR) is 93.3 cm³/mol. The molecule has 0 aromatic heterocycles. The SMILES string of the molecule is O=C1NCC2=C1CN=C(c1ccccc1Cl)c1cc(Cl)ccc12. The number of hydrogen-bond acceptors (Lipinski definition) is 2. The van der Waals surface area contributed by atoms with E-state index in [4.69, 9.17) is 23.2 Å². The Morgan fingerprint density at radius 1 is 0.957 bits per heavy atom. The maximum Gasteiger partial charge on any atom is 0.249 e. The van der Waals surface area contributed by atoms with E-state index in [1.807, 2.05) is 42.5 Å². The molecule has 0 fully saturated rings. The summed E-state index contributed by atoms with van der Waals surface area (Å²) in [4.78, 5) is 16.7. The van der Waals surface area contributed by atoms with Gasteiger partial charge in [0.15, 0.2) is 0 Å². The van der Waals surface area contributed by atoms with Crippen LogP contribution in [0.25, 0.3) is 5.57 Å². The van der Waals surface area contributed by atoms with Gasteiger partial charge in [-0.05, 0) is 29.3 Å². The largest absolute Gasteiger partial charge is 0.348 e. The van der Waals surface area contributed by atoms with Gasteiger partial charge in [-0.1, -0.05) is 47.5 Å². The summed E-state index contributed by atoms with van der Waals surface area (Å²) < 4.78 is 0. The molecule has 5 heteroatoms. The molecule has 0 aliphatic carbocycles. The van der Waals surface area contributed by atoms with E-state index in [0.29, 0.717) is 23.1 Å². The van der Waals surface area contributed by atoms with Gasteiger partial charge < -0.3 is 5.32 Å². The number of nitrogens with one attached hydrogen (secondary N) is 1. The van der Waals surface area contributed by atoms with E-state index in [9.17, 15) is 4.79 Å². The van der Waals surface area contributed by atoms with Crippen molar-refractivity contribution in [1.29, 1.82) is 0 Å². The highest BCUT2D eigenvalue weighted by atomic mass is 35.5. The summed E-state index contributed by atoms with van der Waals surface area (Å²) in [6, 6.07) is 13.2. The molecular weight excluding hydrogens is 331 g/mol. The van der Waals surface area contributed by atoms with E-state index in [1.54, 1.807) is 0 Å². The molecular formula is C18H12Cl2N2O. The van der Waals surface area contributed by atoms with Gasteiger partial charge in [-0.3, -0.25) is 9.79 Å². The van der Waals surface area contributed by atoms with E-state index < -0.39 is 0 Å². The molecule has 2 aliphatic heterocycles. The Bertz CT molecular complexity index is 900. The maximum atomic E-state index is 12.1. The minimum Gasteiger partial charge on any atom is -0.348 e. The average molecular weight is 343 g/mol. The topological polar surface area (TPSA) is 41.5 Å². The summed E-state index contributed by atoms with van der Waals surface area (Å²) in [6.07, 6.45) is 0. The highest BCUT2D eigenvalue weighted by molar-refractivity contribution is 6.36. The monoisotopic (exact) mass is 342 g/mol. The maximum absolute atomic E-state index is 12.1. The summed E-state index contributed by atoms with van der Waals surface area (Å²) >= 11 is 12.6. The number of benzene rings is 2. The Morgan fingerprint density at radius 2 is 1.78 bits per heavy atom. The molecule has 3 nitrogen and oxygen atoms in total. The fourth-order valence-electron chi connectivity index (χ4n) is 3.05. The molecule has 0 spiro atoms. The van der Waals surface area contributed by atoms with Crippen LogP contribution in [-0.4, -0.2) is 24.7 Å². The molecule has 1 N–H and O–H groups in total. The first-order valence-electron chi connectivity index (χ1n) is 7.25. The Kier molecular flexibility index (Phi) is 3.47. The van der Waals surface area contributed by atoms with E-state index in [0.717, 1.165) is 33.5 Å². The normalized spacial score (nSPS) is 16.4. The van der Waals surface area contributed by atoms with Crippen LogP contribution in [0.2, 0.25) is 10.0 Å². The van der Waals surface area contributed by atoms with Gasteiger partial charge >= 0.3 is 0 Å². The Hall–Kier alpha value is -2.10. The molecule has 0 atom stereocenters. The van der Waals surface area contributed by atoms with E-state index >= 15 is 0 Å². The number of carbonyl (C=O) groups excluding carboxylic acids is 1. The summed E-state index contributed by atoms with van der Waals surface area (Å²) in [5, 5.41) is 4.13. The van der Waals surface area contributed by atoms with Crippen molar-refractivity contribution in [2.45, 2.75) is 0 Å². The van der Waals surface area contributed by atoms with E-state index in [2.05, 4.69) is 10.3 Å². The van der Waals surface area contributed by atoms with Gasteiger partial charge in [0.25, 0.3) is 0 Å². The lowest BCUT2D eigenvalue weighted by Crippen LogP contribution is -2.19. The van der Waals surface area contributed by atoms with E-state index in [-0.39, 0.29) is 5.91 Å². The van der Waals surface area contributed by atoms with Crippen molar-refractivity contribution < 1.29 is 4.79 Å². The molecule has 0 unspecified atom stereocenters. The number of halogens is 2. The Morgan fingerprint density at radius 3 is 2.61 bits per heavy atom. The third kappa shape index (κ3) is 2.37. The van der Waals surface area contributed by atoms with Crippen LogP contribution >= 0.6 is 23.2 Å². The van der Waals surface area contributed by atoms with Crippen molar-refractivity contribution in [3.8, 4) is 0 Å². The van der Waals surface area contributed by atoms with E-state index in [1.165, 1.54) is 0 Å². The molecule has 2 aromatic carbocycles. The van der Waals surface area contributed by atoms with Crippen LogP contribution < -0.4 is 5.32 Å². The first kappa shape index (κ1) is 14.5. The van der Waals surface area contributed by atoms with Crippen molar-refractivity contribution in [1.82, 2.24) is 5.32 Å². The highest BCUT2D eigenvalue weighted by Crippen LogP contribution is 2.33. The van der Waals surface area contributed by atoms with Crippen molar-refractivity contribution in [2.24, 2.45) is 4.99 Å². The zero-order valence-corrected chi connectivity index (χ0v) is 13.6. The number of rotatable bonds is 1. The Labute approximate surface area is 143 Å². The summed E-state index contributed by atoms with van der Waals surface area (Å²) in [5.41, 5.74) is 5.23. The molecule has 4 rings (SSSR count). The second kappa shape index (κ2) is 5.52. The van der Waals surface area contributed by atoms with Crippen LogP contribution in [0.3, 0.4) is 0 Å². The number of nitrogens with zero attached hydrogens (tertiary/aromatic N) is 1. The lowest BCUT2D eigenvalue weighted by atomic mass is 9.93. The number of amides is 1. The minimum atomic E-state index is -0.0509. The molecule has 2 aliphatic rings. The molecule has 114 valence electrons.